The third-order valence-corrected chi connectivity index (χ3v) is 6.23. The molecule has 0 atom stereocenters. The van der Waals surface area contributed by atoms with E-state index in [1.54, 1.807) is 6.07 Å². The summed E-state index contributed by atoms with van der Waals surface area (Å²) in [7, 11) is -2.24. The summed E-state index contributed by atoms with van der Waals surface area (Å²) in [5, 5.41) is 2.80. The van der Waals surface area contributed by atoms with Gasteiger partial charge in [0.25, 0.3) is 5.91 Å². The molecule has 1 fully saturated rings. The zero-order valence-electron chi connectivity index (χ0n) is 16.4. The molecule has 0 unspecified atom stereocenters. The number of carbonyl (C=O) groups is 1. The number of hydrogen-bond donors (Lipinski definition) is 1. The van der Waals surface area contributed by atoms with Crippen LogP contribution in [-0.2, 0) is 14.8 Å². The highest BCUT2D eigenvalue weighted by molar-refractivity contribution is 7.89. The normalized spacial score (nSPS) is 15.3. The maximum absolute atomic E-state index is 12.9. The Hall–Kier alpha value is -1.64. The zero-order valence-corrected chi connectivity index (χ0v) is 17.2. The van der Waals surface area contributed by atoms with E-state index in [4.69, 9.17) is 9.47 Å². The van der Waals surface area contributed by atoms with Gasteiger partial charge in [0.15, 0.2) is 0 Å². The number of amides is 1. The second kappa shape index (κ2) is 10.1. The third kappa shape index (κ3) is 5.92. The molecule has 0 radical (unpaired) electrons. The van der Waals surface area contributed by atoms with Crippen molar-refractivity contribution in [2.45, 2.75) is 38.0 Å². The van der Waals surface area contributed by atoms with E-state index in [1.165, 1.54) is 23.5 Å². The lowest BCUT2D eigenvalue weighted by molar-refractivity contribution is 0.0924. The molecular weight excluding hydrogens is 368 g/mol. The van der Waals surface area contributed by atoms with Gasteiger partial charge < -0.3 is 14.8 Å². The summed E-state index contributed by atoms with van der Waals surface area (Å²) in [5.74, 6) is 0.426. The van der Waals surface area contributed by atoms with Gasteiger partial charge in [-0.25, -0.2) is 8.42 Å². The minimum Gasteiger partial charge on any atom is -0.495 e. The Morgan fingerprint density at radius 3 is 2.59 bits per heavy atom. The van der Waals surface area contributed by atoms with Crippen molar-refractivity contribution in [1.82, 2.24) is 9.62 Å². The van der Waals surface area contributed by atoms with Gasteiger partial charge in [0, 0.05) is 38.4 Å². The Morgan fingerprint density at radius 2 is 1.96 bits per heavy atom. The number of sulfonamides is 1. The quantitative estimate of drug-likeness (QED) is 0.611. The molecule has 0 spiro atoms. The predicted molar refractivity (Wildman–Crippen MR) is 104 cm³/mol. The van der Waals surface area contributed by atoms with Crippen molar-refractivity contribution in [3.8, 4) is 5.75 Å². The standard InChI is InChI=1S/C19H30N2O5S/c1-15(2)14-26-12-6-9-20-19(22)16-7-8-17(25-3)18(13-16)27(23,24)21-10-4-5-11-21/h7-8,13,15H,4-6,9-12,14H2,1-3H3,(H,20,22). The molecule has 27 heavy (non-hydrogen) atoms. The molecule has 1 aliphatic rings. The van der Waals surface area contributed by atoms with Crippen LogP contribution in [0.4, 0.5) is 0 Å². The van der Waals surface area contributed by atoms with E-state index in [-0.39, 0.29) is 16.6 Å². The Balaban J connectivity index is 2.02. The van der Waals surface area contributed by atoms with Gasteiger partial charge in [-0.15, -0.1) is 0 Å². The van der Waals surface area contributed by atoms with E-state index in [1.807, 2.05) is 0 Å². The molecule has 1 N–H and O–H groups in total. The van der Waals surface area contributed by atoms with Crippen LogP contribution in [0.1, 0.15) is 43.5 Å². The fraction of sp³-hybridized carbons (Fsp3) is 0.632. The van der Waals surface area contributed by atoms with Gasteiger partial charge >= 0.3 is 0 Å². The fourth-order valence-corrected chi connectivity index (χ4v) is 4.58. The molecule has 7 nitrogen and oxygen atoms in total. The molecule has 1 aromatic carbocycles. The Kier molecular flexibility index (Phi) is 8.07. The maximum Gasteiger partial charge on any atom is 0.251 e. The highest BCUT2D eigenvalue weighted by atomic mass is 32.2. The van der Waals surface area contributed by atoms with Gasteiger partial charge in [0.1, 0.15) is 10.6 Å². The maximum atomic E-state index is 12.9. The first-order valence-electron chi connectivity index (χ1n) is 9.40. The van der Waals surface area contributed by atoms with Gasteiger partial charge in [-0.2, -0.15) is 4.31 Å². The van der Waals surface area contributed by atoms with Crippen molar-refractivity contribution in [3.05, 3.63) is 23.8 Å². The molecule has 1 amide bonds. The topological polar surface area (TPSA) is 84.9 Å². The van der Waals surface area contributed by atoms with E-state index in [0.29, 0.717) is 50.8 Å². The van der Waals surface area contributed by atoms with Crippen molar-refractivity contribution in [1.29, 1.82) is 0 Å². The van der Waals surface area contributed by atoms with Crippen LogP contribution in [0.25, 0.3) is 0 Å². The lowest BCUT2D eigenvalue weighted by Crippen LogP contribution is -2.29. The number of nitrogens with one attached hydrogen (secondary N) is 1. The zero-order chi connectivity index (χ0) is 19.9. The van der Waals surface area contributed by atoms with Crippen LogP contribution < -0.4 is 10.1 Å². The summed E-state index contributed by atoms with van der Waals surface area (Å²) in [6.07, 6.45) is 2.40. The van der Waals surface area contributed by atoms with Crippen LogP contribution in [0.15, 0.2) is 23.1 Å². The van der Waals surface area contributed by atoms with Crippen molar-refractivity contribution in [2.75, 3.05) is 40.0 Å². The highest BCUT2D eigenvalue weighted by Crippen LogP contribution is 2.29. The first-order valence-corrected chi connectivity index (χ1v) is 10.8. The van der Waals surface area contributed by atoms with E-state index in [9.17, 15) is 13.2 Å². The molecule has 1 aromatic rings. The smallest absolute Gasteiger partial charge is 0.251 e. The van der Waals surface area contributed by atoms with Crippen LogP contribution in [0, 0.1) is 5.92 Å². The van der Waals surface area contributed by atoms with Crippen molar-refractivity contribution in [3.63, 3.8) is 0 Å². The number of rotatable bonds is 10. The van der Waals surface area contributed by atoms with Gasteiger partial charge in [0.05, 0.1) is 7.11 Å². The number of ether oxygens (including phenoxy) is 2. The third-order valence-electron chi connectivity index (χ3n) is 4.31. The van der Waals surface area contributed by atoms with E-state index >= 15 is 0 Å². The lowest BCUT2D eigenvalue weighted by atomic mass is 10.2. The number of nitrogens with zero attached hydrogens (tertiary/aromatic N) is 1. The average molecular weight is 399 g/mol. The van der Waals surface area contributed by atoms with Crippen LogP contribution >= 0.6 is 0 Å². The lowest BCUT2D eigenvalue weighted by Gasteiger charge is -2.18. The molecule has 2 rings (SSSR count). The first-order chi connectivity index (χ1) is 12.9. The number of hydrogen-bond acceptors (Lipinski definition) is 5. The minimum atomic E-state index is -3.67. The van der Waals surface area contributed by atoms with Gasteiger partial charge in [0.2, 0.25) is 10.0 Å². The number of methoxy groups -OCH3 is 1. The average Bonchev–Trinajstić information content (AvgIpc) is 3.19. The second-order valence-electron chi connectivity index (χ2n) is 7.06. The van der Waals surface area contributed by atoms with Crippen LogP contribution in [0.5, 0.6) is 5.75 Å². The summed E-state index contributed by atoms with van der Waals surface area (Å²) in [4.78, 5) is 12.4. The van der Waals surface area contributed by atoms with Crippen LogP contribution in [-0.4, -0.2) is 58.6 Å². The Bertz CT molecular complexity index is 728. The summed E-state index contributed by atoms with van der Waals surface area (Å²) in [5.41, 5.74) is 0.302. The molecular formula is C19H30N2O5S. The molecule has 0 aromatic heterocycles. The summed E-state index contributed by atoms with van der Waals surface area (Å²) < 4.78 is 37.9. The summed E-state index contributed by atoms with van der Waals surface area (Å²) in [6.45, 7) is 6.91. The molecule has 1 aliphatic heterocycles. The molecule has 0 bridgehead atoms. The van der Waals surface area contributed by atoms with Crippen LogP contribution in [0.3, 0.4) is 0 Å². The minimum absolute atomic E-state index is 0.0415. The fourth-order valence-electron chi connectivity index (χ4n) is 2.88. The largest absolute Gasteiger partial charge is 0.495 e. The van der Waals surface area contributed by atoms with E-state index in [0.717, 1.165) is 12.8 Å². The van der Waals surface area contributed by atoms with Crippen molar-refractivity contribution < 1.29 is 22.7 Å². The molecule has 1 heterocycles. The SMILES string of the molecule is COc1ccc(C(=O)NCCCOCC(C)C)cc1S(=O)(=O)N1CCCC1. The molecule has 0 aliphatic carbocycles. The van der Waals surface area contributed by atoms with Gasteiger partial charge in [-0.05, 0) is 43.4 Å². The molecule has 1 saturated heterocycles. The first kappa shape index (κ1) is 21.7. The second-order valence-corrected chi connectivity index (χ2v) is 8.96. The van der Waals surface area contributed by atoms with Gasteiger partial charge in [-0.3, -0.25) is 4.79 Å². The van der Waals surface area contributed by atoms with Crippen molar-refractivity contribution >= 4 is 15.9 Å². The van der Waals surface area contributed by atoms with E-state index < -0.39 is 10.0 Å². The number of benzene rings is 1. The molecule has 152 valence electrons. The molecule has 0 saturated carbocycles. The van der Waals surface area contributed by atoms with E-state index in [2.05, 4.69) is 19.2 Å². The van der Waals surface area contributed by atoms with Gasteiger partial charge in [-0.1, -0.05) is 13.8 Å². The van der Waals surface area contributed by atoms with Crippen molar-refractivity contribution in [2.24, 2.45) is 5.92 Å². The predicted octanol–water partition coefficient (Wildman–Crippen LogP) is 2.27. The Labute approximate surface area is 162 Å². The number of carbonyl (C=O) groups excluding carboxylic acids is 1. The highest BCUT2D eigenvalue weighted by Gasteiger charge is 2.30. The Morgan fingerprint density at radius 1 is 1.26 bits per heavy atom. The monoisotopic (exact) mass is 398 g/mol. The summed E-state index contributed by atoms with van der Waals surface area (Å²) >= 11 is 0. The van der Waals surface area contributed by atoms with Crippen LogP contribution in [0.2, 0.25) is 0 Å². The summed E-state index contributed by atoms with van der Waals surface area (Å²) in [6, 6.07) is 4.51. The molecule has 8 heteroatoms.